The lowest BCUT2D eigenvalue weighted by atomic mass is 10.1. The van der Waals surface area contributed by atoms with Crippen LogP contribution in [-0.4, -0.2) is 24.1 Å². The van der Waals surface area contributed by atoms with Crippen molar-refractivity contribution in [2.24, 2.45) is 5.92 Å². The highest BCUT2D eigenvalue weighted by Crippen LogP contribution is 2.27. The Bertz CT molecular complexity index is 833. The molecule has 2 aromatic carbocycles. The van der Waals surface area contributed by atoms with Gasteiger partial charge in [0.2, 0.25) is 11.8 Å². The Morgan fingerprint density at radius 3 is 2.56 bits per heavy atom. The van der Waals surface area contributed by atoms with Gasteiger partial charge in [-0.1, -0.05) is 28.1 Å². The van der Waals surface area contributed by atoms with Crippen molar-refractivity contribution in [2.45, 2.75) is 13.3 Å². The van der Waals surface area contributed by atoms with Gasteiger partial charge in [-0.05, 0) is 43.3 Å². The first-order valence-electron chi connectivity index (χ1n) is 7.92. The number of hydrogen-bond acceptors (Lipinski definition) is 3. The minimum atomic E-state index is -0.419. The number of halogens is 1. The average Bonchev–Trinajstić information content (AvgIpc) is 2.98. The number of carbonyl (C=O) groups excluding carboxylic acids is 3. The molecule has 0 radical (unpaired) electrons. The zero-order valence-electron chi connectivity index (χ0n) is 13.7. The molecule has 0 bridgehead atoms. The number of anilines is 2. The molecule has 0 aromatic heterocycles. The van der Waals surface area contributed by atoms with E-state index in [1.807, 2.05) is 24.3 Å². The van der Waals surface area contributed by atoms with Gasteiger partial charge in [0, 0.05) is 34.4 Å². The molecule has 0 unspecified atom stereocenters. The lowest BCUT2D eigenvalue weighted by Crippen LogP contribution is -2.28. The van der Waals surface area contributed by atoms with E-state index in [0.717, 1.165) is 10.2 Å². The van der Waals surface area contributed by atoms with Crippen molar-refractivity contribution in [1.82, 2.24) is 0 Å². The van der Waals surface area contributed by atoms with E-state index >= 15 is 0 Å². The van der Waals surface area contributed by atoms with Gasteiger partial charge in [0.1, 0.15) is 0 Å². The van der Waals surface area contributed by atoms with Crippen molar-refractivity contribution in [3.63, 3.8) is 0 Å². The Morgan fingerprint density at radius 1 is 1.16 bits per heavy atom. The topological polar surface area (TPSA) is 66.5 Å². The number of hydrogen-bond donors (Lipinski definition) is 1. The molecular weight excluding hydrogens is 384 g/mol. The summed E-state index contributed by atoms with van der Waals surface area (Å²) in [6, 6.07) is 14.2. The van der Waals surface area contributed by atoms with E-state index < -0.39 is 5.92 Å². The molecular formula is C19H17BrN2O3. The molecule has 1 heterocycles. The maximum absolute atomic E-state index is 12.5. The average molecular weight is 401 g/mol. The van der Waals surface area contributed by atoms with Gasteiger partial charge >= 0.3 is 0 Å². The van der Waals surface area contributed by atoms with Gasteiger partial charge in [0.25, 0.3) is 0 Å². The predicted octanol–water partition coefficient (Wildman–Crippen LogP) is 3.64. The first-order chi connectivity index (χ1) is 11.9. The molecule has 0 spiro atoms. The van der Waals surface area contributed by atoms with E-state index in [0.29, 0.717) is 17.8 Å². The fourth-order valence-electron chi connectivity index (χ4n) is 2.81. The minimum absolute atomic E-state index is 0.0615. The van der Waals surface area contributed by atoms with Crippen LogP contribution in [0.2, 0.25) is 0 Å². The van der Waals surface area contributed by atoms with Crippen LogP contribution in [0, 0.1) is 5.92 Å². The molecule has 5 nitrogen and oxygen atoms in total. The molecule has 0 saturated carbocycles. The summed E-state index contributed by atoms with van der Waals surface area (Å²) in [5.41, 5.74) is 1.88. The van der Waals surface area contributed by atoms with E-state index in [1.165, 1.54) is 6.92 Å². The number of nitrogens with one attached hydrogen (secondary N) is 1. The van der Waals surface area contributed by atoms with E-state index in [9.17, 15) is 14.4 Å². The van der Waals surface area contributed by atoms with Crippen molar-refractivity contribution in [1.29, 1.82) is 0 Å². The highest BCUT2D eigenvalue weighted by atomic mass is 79.9. The monoisotopic (exact) mass is 400 g/mol. The lowest BCUT2D eigenvalue weighted by Gasteiger charge is -2.17. The van der Waals surface area contributed by atoms with Crippen LogP contribution >= 0.6 is 15.9 Å². The van der Waals surface area contributed by atoms with Crippen LogP contribution < -0.4 is 10.2 Å². The van der Waals surface area contributed by atoms with Crippen molar-refractivity contribution < 1.29 is 14.4 Å². The van der Waals surface area contributed by atoms with Crippen molar-refractivity contribution in [2.75, 3.05) is 16.8 Å². The Hall–Kier alpha value is -2.47. The largest absolute Gasteiger partial charge is 0.326 e. The summed E-state index contributed by atoms with van der Waals surface area (Å²) in [5, 5.41) is 2.80. The number of Topliss-reactive ketones (excluding diaryl/α,β-unsaturated/α-hetero) is 1. The maximum atomic E-state index is 12.5. The Labute approximate surface area is 154 Å². The van der Waals surface area contributed by atoms with Gasteiger partial charge in [0.15, 0.2) is 5.78 Å². The molecule has 3 rings (SSSR count). The molecule has 1 fully saturated rings. The second kappa shape index (κ2) is 7.19. The summed E-state index contributed by atoms with van der Waals surface area (Å²) in [6.45, 7) is 1.82. The Kier molecular flexibility index (Phi) is 4.99. The third kappa shape index (κ3) is 3.96. The molecule has 128 valence electrons. The third-order valence-corrected chi connectivity index (χ3v) is 4.70. The normalized spacial score (nSPS) is 16.8. The zero-order chi connectivity index (χ0) is 18.0. The van der Waals surface area contributed by atoms with E-state index in [-0.39, 0.29) is 24.0 Å². The molecule has 25 heavy (non-hydrogen) atoms. The highest BCUT2D eigenvalue weighted by Gasteiger charge is 2.35. The number of carbonyl (C=O) groups is 3. The van der Waals surface area contributed by atoms with Gasteiger partial charge in [0.05, 0.1) is 5.92 Å². The fraction of sp³-hybridized carbons (Fsp3) is 0.211. The Morgan fingerprint density at radius 2 is 1.88 bits per heavy atom. The summed E-state index contributed by atoms with van der Waals surface area (Å²) in [6.07, 6.45) is 0.175. The number of amides is 2. The molecule has 2 amide bonds. The molecule has 0 aliphatic carbocycles. The summed E-state index contributed by atoms with van der Waals surface area (Å²) >= 11 is 3.37. The molecule has 1 aliphatic rings. The number of nitrogens with zero attached hydrogens (tertiary/aromatic N) is 1. The molecule has 6 heteroatoms. The number of benzene rings is 2. The van der Waals surface area contributed by atoms with Crippen LogP contribution in [0.3, 0.4) is 0 Å². The third-order valence-electron chi connectivity index (χ3n) is 4.17. The van der Waals surface area contributed by atoms with Crippen molar-refractivity contribution in [3.05, 3.63) is 58.6 Å². The van der Waals surface area contributed by atoms with Gasteiger partial charge in [-0.25, -0.2) is 0 Å². The van der Waals surface area contributed by atoms with E-state index in [1.54, 1.807) is 29.2 Å². The molecule has 1 atom stereocenters. The quantitative estimate of drug-likeness (QED) is 0.796. The van der Waals surface area contributed by atoms with Crippen LogP contribution in [-0.2, 0) is 9.59 Å². The number of rotatable bonds is 4. The van der Waals surface area contributed by atoms with E-state index in [4.69, 9.17) is 0 Å². The summed E-state index contributed by atoms with van der Waals surface area (Å²) in [4.78, 5) is 37.8. The standard InChI is InChI=1S/C19H17BrN2O3/c1-12(23)13-3-2-4-16(9-13)21-19(25)14-10-18(24)22(11-14)17-7-5-15(20)6-8-17/h2-9,14H,10-11H2,1H3,(H,21,25)/t14-/m1/s1. The summed E-state index contributed by atoms with van der Waals surface area (Å²) < 4.78 is 0.933. The zero-order valence-corrected chi connectivity index (χ0v) is 15.2. The van der Waals surface area contributed by atoms with Crippen molar-refractivity contribution in [3.8, 4) is 0 Å². The summed E-state index contributed by atoms with van der Waals surface area (Å²) in [5.74, 6) is -0.765. The summed E-state index contributed by atoms with van der Waals surface area (Å²) in [7, 11) is 0. The maximum Gasteiger partial charge on any atom is 0.229 e. The SMILES string of the molecule is CC(=O)c1cccc(NC(=O)[C@@H]2CC(=O)N(c3ccc(Br)cc3)C2)c1. The smallest absolute Gasteiger partial charge is 0.229 e. The van der Waals surface area contributed by atoms with Gasteiger partial charge in [-0.2, -0.15) is 0 Å². The van der Waals surface area contributed by atoms with Crippen LogP contribution in [0.5, 0.6) is 0 Å². The molecule has 1 saturated heterocycles. The second-order valence-electron chi connectivity index (χ2n) is 6.01. The van der Waals surface area contributed by atoms with Gasteiger partial charge in [-0.15, -0.1) is 0 Å². The first-order valence-corrected chi connectivity index (χ1v) is 8.71. The van der Waals surface area contributed by atoms with Gasteiger partial charge in [-0.3, -0.25) is 14.4 Å². The van der Waals surface area contributed by atoms with Crippen LogP contribution in [0.1, 0.15) is 23.7 Å². The first kappa shape index (κ1) is 17.4. The molecule has 1 aliphatic heterocycles. The lowest BCUT2D eigenvalue weighted by molar-refractivity contribution is -0.122. The van der Waals surface area contributed by atoms with Gasteiger partial charge < -0.3 is 10.2 Å². The highest BCUT2D eigenvalue weighted by molar-refractivity contribution is 9.10. The fourth-order valence-corrected chi connectivity index (χ4v) is 3.08. The second-order valence-corrected chi connectivity index (χ2v) is 6.92. The Balaban J connectivity index is 1.69. The van der Waals surface area contributed by atoms with Crippen LogP contribution in [0.4, 0.5) is 11.4 Å². The van der Waals surface area contributed by atoms with Crippen molar-refractivity contribution >= 4 is 44.9 Å². The van der Waals surface area contributed by atoms with Crippen LogP contribution in [0.15, 0.2) is 53.0 Å². The predicted molar refractivity (Wildman–Crippen MR) is 99.7 cm³/mol. The minimum Gasteiger partial charge on any atom is -0.326 e. The van der Waals surface area contributed by atoms with Crippen LogP contribution in [0.25, 0.3) is 0 Å². The number of ketones is 1. The molecule has 1 N–H and O–H groups in total. The van der Waals surface area contributed by atoms with E-state index in [2.05, 4.69) is 21.2 Å². The molecule has 2 aromatic rings.